The molecule has 0 bridgehead atoms. The summed E-state index contributed by atoms with van der Waals surface area (Å²) in [6, 6.07) is 0.577. The van der Waals surface area contributed by atoms with E-state index in [9.17, 15) is 0 Å². The van der Waals surface area contributed by atoms with Crippen LogP contribution in [0.3, 0.4) is 0 Å². The molecule has 0 rings (SSSR count). The van der Waals surface area contributed by atoms with Gasteiger partial charge in [-0.05, 0) is 0 Å². The van der Waals surface area contributed by atoms with E-state index in [0.717, 1.165) is 45.8 Å². The first-order valence-electron chi connectivity index (χ1n) is 6.33. The van der Waals surface area contributed by atoms with Gasteiger partial charge in [0.1, 0.15) is 0 Å². The van der Waals surface area contributed by atoms with Crippen molar-refractivity contribution in [1.82, 2.24) is 21.3 Å². The molecule has 0 atom stereocenters. The highest BCUT2D eigenvalue weighted by Crippen LogP contribution is 1.72. The van der Waals surface area contributed by atoms with Crippen molar-refractivity contribution in [2.75, 3.05) is 52.4 Å². The second kappa shape index (κ2) is 12.9. The first-order valence-corrected chi connectivity index (χ1v) is 6.33. The topological polar surface area (TPSA) is 74.1 Å². The van der Waals surface area contributed by atoms with Crippen molar-refractivity contribution >= 4 is 0 Å². The average molecular weight is 231 g/mol. The summed E-state index contributed by atoms with van der Waals surface area (Å²) in [7, 11) is 0. The Morgan fingerprint density at radius 3 is 1.62 bits per heavy atom. The summed E-state index contributed by atoms with van der Waals surface area (Å²) in [5, 5.41) is 13.3. The van der Waals surface area contributed by atoms with E-state index in [1.54, 1.807) is 0 Å². The molecule has 0 spiro atoms. The fourth-order valence-electron chi connectivity index (χ4n) is 1.28. The molecule has 0 radical (unpaired) electrons. The molecule has 0 aromatic carbocycles. The summed E-state index contributed by atoms with van der Waals surface area (Å²) in [6.07, 6.45) is 0. The zero-order valence-corrected chi connectivity index (χ0v) is 10.8. The molecule has 98 valence electrons. The predicted molar refractivity (Wildman–Crippen MR) is 70.8 cm³/mol. The molecule has 0 saturated heterocycles. The van der Waals surface area contributed by atoms with E-state index in [4.69, 9.17) is 5.73 Å². The minimum absolute atomic E-state index is 0.577. The van der Waals surface area contributed by atoms with Crippen molar-refractivity contribution in [2.24, 2.45) is 5.73 Å². The van der Waals surface area contributed by atoms with Crippen LogP contribution in [-0.2, 0) is 0 Å². The molecule has 0 aromatic heterocycles. The lowest BCUT2D eigenvalue weighted by atomic mass is 10.4. The predicted octanol–water partition coefficient (Wildman–Crippen LogP) is -1.29. The van der Waals surface area contributed by atoms with E-state index in [0.29, 0.717) is 12.6 Å². The lowest BCUT2D eigenvalue weighted by Gasteiger charge is -2.09. The van der Waals surface area contributed by atoms with Crippen LogP contribution in [0, 0.1) is 0 Å². The molecule has 0 saturated carbocycles. The van der Waals surface area contributed by atoms with E-state index < -0.39 is 0 Å². The normalized spacial score (nSPS) is 11.2. The molecule has 0 fully saturated rings. The molecule has 0 aliphatic rings. The Balaban J connectivity index is 2.88. The summed E-state index contributed by atoms with van der Waals surface area (Å²) in [4.78, 5) is 0. The molecule has 0 aliphatic heterocycles. The number of nitrogens with two attached hydrogens (primary N) is 1. The minimum Gasteiger partial charge on any atom is -0.329 e. The third-order valence-electron chi connectivity index (χ3n) is 2.13. The van der Waals surface area contributed by atoms with Gasteiger partial charge in [-0.2, -0.15) is 0 Å². The van der Waals surface area contributed by atoms with Crippen LogP contribution in [0.5, 0.6) is 0 Å². The highest BCUT2D eigenvalue weighted by Gasteiger charge is 1.91. The second-order valence-electron chi connectivity index (χ2n) is 4.15. The molecule has 0 amide bonds. The van der Waals surface area contributed by atoms with Gasteiger partial charge in [-0.1, -0.05) is 13.8 Å². The monoisotopic (exact) mass is 231 g/mol. The summed E-state index contributed by atoms with van der Waals surface area (Å²) >= 11 is 0. The Hall–Kier alpha value is -0.200. The Kier molecular flexibility index (Phi) is 12.7. The summed E-state index contributed by atoms with van der Waals surface area (Å²) < 4.78 is 0. The quantitative estimate of drug-likeness (QED) is 0.270. The highest BCUT2D eigenvalue weighted by atomic mass is 15.0. The number of rotatable bonds is 12. The molecular weight excluding hydrogens is 202 g/mol. The molecule has 0 unspecified atom stereocenters. The largest absolute Gasteiger partial charge is 0.329 e. The van der Waals surface area contributed by atoms with Gasteiger partial charge in [0.25, 0.3) is 0 Å². The van der Waals surface area contributed by atoms with E-state index in [2.05, 4.69) is 35.1 Å². The standard InChI is InChI=1S/C11H29N5/c1-11(2)16-10-9-15-8-7-14-6-5-13-4-3-12/h11,13-16H,3-10,12H2,1-2H3. The number of hydrogen-bond acceptors (Lipinski definition) is 5. The maximum Gasteiger partial charge on any atom is 0.00791 e. The van der Waals surface area contributed by atoms with E-state index in [-0.39, 0.29) is 0 Å². The first-order chi connectivity index (χ1) is 7.77. The fraction of sp³-hybridized carbons (Fsp3) is 1.00. The Bertz CT molecular complexity index is 130. The first kappa shape index (κ1) is 15.8. The van der Waals surface area contributed by atoms with Crippen molar-refractivity contribution in [3.8, 4) is 0 Å². The Morgan fingerprint density at radius 1 is 0.750 bits per heavy atom. The molecule has 16 heavy (non-hydrogen) atoms. The van der Waals surface area contributed by atoms with Crippen molar-refractivity contribution in [3.63, 3.8) is 0 Å². The van der Waals surface area contributed by atoms with Gasteiger partial charge in [-0.15, -0.1) is 0 Å². The van der Waals surface area contributed by atoms with Gasteiger partial charge in [0.2, 0.25) is 0 Å². The fourth-order valence-corrected chi connectivity index (χ4v) is 1.28. The van der Waals surface area contributed by atoms with Crippen molar-refractivity contribution in [3.05, 3.63) is 0 Å². The van der Waals surface area contributed by atoms with Crippen LogP contribution in [0.25, 0.3) is 0 Å². The van der Waals surface area contributed by atoms with Gasteiger partial charge in [-0.25, -0.2) is 0 Å². The molecule has 5 nitrogen and oxygen atoms in total. The maximum atomic E-state index is 5.36. The van der Waals surface area contributed by atoms with Gasteiger partial charge in [0, 0.05) is 58.4 Å². The summed E-state index contributed by atoms with van der Waals surface area (Å²) in [5.74, 6) is 0. The Morgan fingerprint density at radius 2 is 1.19 bits per heavy atom. The van der Waals surface area contributed by atoms with Crippen LogP contribution in [0.4, 0.5) is 0 Å². The average Bonchev–Trinajstić information content (AvgIpc) is 2.25. The van der Waals surface area contributed by atoms with Crippen molar-refractivity contribution < 1.29 is 0 Å². The number of nitrogens with one attached hydrogen (secondary N) is 4. The van der Waals surface area contributed by atoms with Crippen molar-refractivity contribution in [1.29, 1.82) is 0 Å². The Labute approximate surface area is 99.9 Å². The summed E-state index contributed by atoms with van der Waals surface area (Å²) in [5.41, 5.74) is 5.36. The number of hydrogen-bond donors (Lipinski definition) is 5. The highest BCUT2D eigenvalue weighted by molar-refractivity contribution is 4.58. The van der Waals surface area contributed by atoms with E-state index in [1.165, 1.54) is 0 Å². The zero-order chi connectivity index (χ0) is 12.1. The van der Waals surface area contributed by atoms with Crippen LogP contribution in [0.2, 0.25) is 0 Å². The SMILES string of the molecule is CC(C)NCCNCCNCCNCCN. The molecule has 0 heterocycles. The second-order valence-corrected chi connectivity index (χ2v) is 4.15. The molecule has 0 aromatic rings. The molecular formula is C11H29N5. The van der Waals surface area contributed by atoms with E-state index in [1.807, 2.05) is 0 Å². The van der Waals surface area contributed by atoms with Crippen LogP contribution >= 0.6 is 0 Å². The zero-order valence-electron chi connectivity index (χ0n) is 10.8. The van der Waals surface area contributed by atoms with Gasteiger partial charge < -0.3 is 27.0 Å². The molecule has 0 aliphatic carbocycles. The maximum absolute atomic E-state index is 5.36. The smallest absolute Gasteiger partial charge is 0.00791 e. The lowest BCUT2D eigenvalue weighted by molar-refractivity contribution is 0.541. The lowest BCUT2D eigenvalue weighted by Crippen LogP contribution is -2.36. The van der Waals surface area contributed by atoms with E-state index >= 15 is 0 Å². The van der Waals surface area contributed by atoms with Gasteiger partial charge in [0.05, 0.1) is 0 Å². The van der Waals surface area contributed by atoms with Gasteiger partial charge >= 0.3 is 0 Å². The summed E-state index contributed by atoms with van der Waals surface area (Å²) in [6.45, 7) is 12.1. The van der Waals surface area contributed by atoms with Crippen molar-refractivity contribution in [2.45, 2.75) is 19.9 Å². The third-order valence-corrected chi connectivity index (χ3v) is 2.13. The van der Waals surface area contributed by atoms with Crippen LogP contribution in [0.1, 0.15) is 13.8 Å². The minimum atomic E-state index is 0.577. The van der Waals surface area contributed by atoms with Crippen LogP contribution in [-0.4, -0.2) is 58.4 Å². The van der Waals surface area contributed by atoms with Gasteiger partial charge in [0.15, 0.2) is 0 Å². The van der Waals surface area contributed by atoms with Gasteiger partial charge in [-0.3, -0.25) is 0 Å². The molecule has 6 N–H and O–H groups in total. The molecule has 5 heteroatoms. The third kappa shape index (κ3) is 13.8. The van der Waals surface area contributed by atoms with Crippen LogP contribution < -0.4 is 27.0 Å². The van der Waals surface area contributed by atoms with Crippen LogP contribution in [0.15, 0.2) is 0 Å².